The molecule has 2 aromatic carbocycles. The van der Waals surface area contributed by atoms with Crippen molar-refractivity contribution in [2.24, 2.45) is 0 Å². The van der Waals surface area contributed by atoms with Crippen molar-refractivity contribution in [3.8, 4) is 0 Å². The van der Waals surface area contributed by atoms with Gasteiger partial charge in [-0.3, -0.25) is 0 Å². The molecule has 0 spiro atoms. The van der Waals surface area contributed by atoms with E-state index in [1.165, 1.54) is 23.7 Å². The van der Waals surface area contributed by atoms with Crippen LogP contribution in [0.1, 0.15) is 11.1 Å². The number of hydrogen-bond acceptors (Lipinski definition) is 4. The summed E-state index contributed by atoms with van der Waals surface area (Å²) < 4.78 is 18.8. The predicted octanol–water partition coefficient (Wildman–Crippen LogP) is 4.86. The molecule has 0 aliphatic carbocycles. The van der Waals surface area contributed by atoms with Gasteiger partial charge in [-0.2, -0.15) is 0 Å². The first-order chi connectivity index (χ1) is 13.3. The van der Waals surface area contributed by atoms with Crippen molar-refractivity contribution >= 4 is 0 Å². The fourth-order valence-electron chi connectivity index (χ4n) is 1.86. The van der Waals surface area contributed by atoms with Crippen LogP contribution in [0.2, 0.25) is 0 Å². The first-order valence-electron chi connectivity index (χ1n) is 8.79. The largest absolute Gasteiger partial charge is 0.499 e. The number of rotatable bonds is 10. The van der Waals surface area contributed by atoms with Crippen molar-refractivity contribution in [2.45, 2.75) is 6.42 Å². The average molecular weight is 373 g/mol. The summed E-state index contributed by atoms with van der Waals surface area (Å²) in [5.74, 6) is 0. The van der Waals surface area contributed by atoms with Gasteiger partial charge in [-0.1, -0.05) is 73.8 Å². The zero-order valence-electron chi connectivity index (χ0n) is 16.5. The number of benzene rings is 2. The first kappa shape index (κ1) is 24.4. The summed E-state index contributed by atoms with van der Waals surface area (Å²) in [5, 5.41) is 0. The highest BCUT2D eigenvalue weighted by atomic mass is 16.5. The van der Waals surface area contributed by atoms with Crippen LogP contribution in [0, 0.1) is 0 Å². The molecule has 0 radical (unpaired) electrons. The molecule has 0 aliphatic rings. The molecule has 0 saturated heterocycles. The van der Waals surface area contributed by atoms with Crippen molar-refractivity contribution < 1.29 is 18.9 Å². The molecule has 148 valence electrons. The van der Waals surface area contributed by atoms with Crippen LogP contribution >= 0.6 is 0 Å². The molecule has 2 rings (SSSR count). The summed E-state index contributed by atoms with van der Waals surface area (Å²) in [6, 6.07) is 21.1. The van der Waals surface area contributed by atoms with Crippen LogP contribution in [0.5, 0.6) is 0 Å². The minimum absolute atomic E-state index is 0.597. The maximum Gasteiger partial charge on any atom is 0.111 e. The van der Waals surface area contributed by atoms with Gasteiger partial charge in [0.05, 0.1) is 25.7 Å². The average Bonchev–Trinajstić information content (AvgIpc) is 2.71. The van der Waals surface area contributed by atoms with E-state index >= 15 is 0 Å². The van der Waals surface area contributed by atoms with E-state index < -0.39 is 0 Å². The first-order valence-corrected chi connectivity index (χ1v) is 8.79. The Bertz CT molecular complexity index is 504. The normalized spacial score (nSPS) is 8.96. The van der Waals surface area contributed by atoms with E-state index in [1.54, 1.807) is 14.2 Å². The van der Waals surface area contributed by atoms with Gasteiger partial charge in [-0.05, 0) is 17.5 Å². The van der Waals surface area contributed by atoms with Gasteiger partial charge < -0.3 is 18.9 Å². The zero-order valence-corrected chi connectivity index (χ0v) is 16.5. The summed E-state index contributed by atoms with van der Waals surface area (Å²) in [4.78, 5) is 0. The van der Waals surface area contributed by atoms with Gasteiger partial charge in [0.2, 0.25) is 0 Å². The van der Waals surface area contributed by atoms with Gasteiger partial charge in [-0.25, -0.2) is 0 Å². The highest BCUT2D eigenvalue weighted by Gasteiger charge is 1.92. The lowest BCUT2D eigenvalue weighted by molar-refractivity contribution is 0.124. The quantitative estimate of drug-likeness (QED) is 0.441. The molecule has 0 fully saturated rings. The van der Waals surface area contributed by atoms with Crippen LogP contribution in [0.25, 0.3) is 0 Å². The molecule has 0 amide bonds. The Morgan fingerprint density at radius 2 is 1.00 bits per heavy atom. The Balaban J connectivity index is 0.000000416. The number of ether oxygens (including phenoxy) is 4. The molecule has 4 heteroatoms. The summed E-state index contributed by atoms with van der Waals surface area (Å²) in [6.45, 7) is 9.17. The van der Waals surface area contributed by atoms with E-state index in [0.717, 1.165) is 6.42 Å². The Morgan fingerprint density at radius 1 is 0.630 bits per heavy atom. The minimum Gasteiger partial charge on any atom is -0.499 e. The third-order valence-electron chi connectivity index (χ3n) is 3.14. The molecule has 0 N–H and O–H groups in total. The monoisotopic (exact) mass is 372 g/mol. The highest BCUT2D eigenvalue weighted by Crippen LogP contribution is 2.07. The van der Waals surface area contributed by atoms with E-state index in [9.17, 15) is 0 Å². The Labute approximate surface area is 164 Å². The Morgan fingerprint density at radius 3 is 1.30 bits per heavy atom. The molecule has 27 heavy (non-hydrogen) atoms. The van der Waals surface area contributed by atoms with E-state index in [0.29, 0.717) is 26.4 Å². The Kier molecular flexibility index (Phi) is 17.9. The van der Waals surface area contributed by atoms with Gasteiger partial charge in [0.15, 0.2) is 0 Å². The van der Waals surface area contributed by atoms with Crippen molar-refractivity contribution in [3.63, 3.8) is 0 Å². The van der Waals surface area contributed by atoms with E-state index in [1.807, 2.05) is 0 Å². The second-order valence-corrected chi connectivity index (χ2v) is 5.21. The van der Waals surface area contributed by atoms with Crippen LogP contribution in [-0.4, -0.2) is 40.6 Å². The van der Waals surface area contributed by atoms with Gasteiger partial charge in [-0.15, -0.1) is 0 Å². The molecule has 0 aromatic heterocycles. The SMILES string of the molecule is C=COCCOC.C=COCCOC.c1ccc(Cc2ccccc2)cc1. The summed E-state index contributed by atoms with van der Waals surface area (Å²) in [5.41, 5.74) is 2.74. The minimum atomic E-state index is 0.597. The van der Waals surface area contributed by atoms with Crippen LogP contribution in [0.3, 0.4) is 0 Å². The molecule has 4 nitrogen and oxygen atoms in total. The second-order valence-electron chi connectivity index (χ2n) is 5.21. The van der Waals surface area contributed by atoms with Crippen LogP contribution in [-0.2, 0) is 25.4 Å². The topological polar surface area (TPSA) is 36.9 Å². The molecule has 0 heterocycles. The molecular weight excluding hydrogens is 340 g/mol. The fraction of sp³-hybridized carbons (Fsp3) is 0.304. The van der Waals surface area contributed by atoms with Crippen molar-refractivity contribution in [1.82, 2.24) is 0 Å². The standard InChI is InChI=1S/C13H12.2C5H10O2/c1-3-7-12(8-4-1)11-13-9-5-2-6-10-13;2*1-3-7-5-4-6-2/h1-10H,11H2;2*3H,1,4-5H2,2H3. The lowest BCUT2D eigenvalue weighted by Crippen LogP contribution is -1.95. The molecule has 0 saturated carbocycles. The third kappa shape index (κ3) is 16.6. The highest BCUT2D eigenvalue weighted by molar-refractivity contribution is 5.25. The molecule has 0 unspecified atom stereocenters. The molecule has 0 atom stereocenters. The predicted molar refractivity (Wildman–Crippen MR) is 112 cm³/mol. The van der Waals surface area contributed by atoms with Crippen molar-refractivity contribution in [3.05, 3.63) is 97.5 Å². The lowest BCUT2D eigenvalue weighted by atomic mass is 10.1. The smallest absolute Gasteiger partial charge is 0.111 e. The molecule has 2 aromatic rings. The van der Waals surface area contributed by atoms with Crippen LogP contribution in [0.15, 0.2) is 86.3 Å². The lowest BCUT2D eigenvalue weighted by Gasteiger charge is -2.00. The molecule has 0 bridgehead atoms. The number of methoxy groups -OCH3 is 2. The summed E-state index contributed by atoms with van der Waals surface area (Å²) in [6.07, 6.45) is 3.83. The second kappa shape index (κ2) is 19.8. The zero-order chi connectivity index (χ0) is 20.0. The maximum atomic E-state index is 4.71. The molecular formula is C23H32O4. The van der Waals surface area contributed by atoms with Gasteiger partial charge in [0.25, 0.3) is 0 Å². The van der Waals surface area contributed by atoms with E-state index in [-0.39, 0.29) is 0 Å². The summed E-state index contributed by atoms with van der Waals surface area (Å²) in [7, 11) is 3.26. The third-order valence-corrected chi connectivity index (χ3v) is 3.14. The van der Waals surface area contributed by atoms with Gasteiger partial charge in [0.1, 0.15) is 13.2 Å². The van der Waals surface area contributed by atoms with E-state index in [2.05, 4.69) is 83.3 Å². The summed E-state index contributed by atoms with van der Waals surface area (Å²) >= 11 is 0. The van der Waals surface area contributed by atoms with Crippen molar-refractivity contribution in [2.75, 3.05) is 40.6 Å². The van der Waals surface area contributed by atoms with Crippen molar-refractivity contribution in [1.29, 1.82) is 0 Å². The van der Waals surface area contributed by atoms with Gasteiger partial charge >= 0.3 is 0 Å². The number of hydrogen-bond donors (Lipinski definition) is 0. The molecule has 0 aliphatic heterocycles. The van der Waals surface area contributed by atoms with Gasteiger partial charge in [0, 0.05) is 14.2 Å². The van der Waals surface area contributed by atoms with Crippen LogP contribution < -0.4 is 0 Å². The maximum absolute atomic E-state index is 4.71. The van der Waals surface area contributed by atoms with E-state index in [4.69, 9.17) is 9.47 Å². The fourth-order valence-corrected chi connectivity index (χ4v) is 1.86. The van der Waals surface area contributed by atoms with Crippen LogP contribution in [0.4, 0.5) is 0 Å². The Hall–Kier alpha value is -2.56.